The Morgan fingerprint density at radius 2 is 1.97 bits per heavy atom. The molecule has 1 N–H and O–H groups in total. The van der Waals surface area contributed by atoms with Crippen molar-refractivity contribution in [1.82, 2.24) is 5.43 Å². The summed E-state index contributed by atoms with van der Waals surface area (Å²) in [6.07, 6.45) is 0. The Morgan fingerprint density at radius 1 is 1.23 bits per heavy atom. The third kappa shape index (κ3) is 2.50. The van der Waals surface area contributed by atoms with E-state index in [1.807, 2.05) is 0 Å². The highest BCUT2D eigenvalue weighted by Gasteiger charge is 2.67. The number of nitro groups is 1. The lowest BCUT2D eigenvalue weighted by molar-refractivity contribution is -0.385. The Kier molecular flexibility index (Phi) is 4.34. The van der Waals surface area contributed by atoms with E-state index in [9.17, 15) is 24.5 Å². The number of carbonyl (C=O) groups excluding carboxylic acids is 3. The second kappa shape index (κ2) is 6.76. The number of amides is 2. The number of non-ortho nitro benzene ring substituents is 1. The average Bonchev–Trinajstić information content (AvgIpc) is 3.24. The molecule has 0 radical (unpaired) electrons. The number of rotatable bonds is 4. The van der Waals surface area contributed by atoms with Crippen LogP contribution in [0, 0.1) is 23.0 Å². The molecule has 10 heteroatoms. The van der Waals surface area contributed by atoms with Crippen LogP contribution in [0.3, 0.4) is 0 Å². The van der Waals surface area contributed by atoms with Crippen molar-refractivity contribution in [2.24, 2.45) is 11.0 Å². The average molecular weight is 408 g/mol. The number of anilines is 1. The highest BCUT2D eigenvalue weighted by Crippen LogP contribution is 2.46. The van der Waals surface area contributed by atoms with Gasteiger partial charge in [0.25, 0.3) is 11.6 Å². The normalized spacial score (nSPS) is 22.4. The minimum Gasteiger partial charge on any atom is -0.464 e. The summed E-state index contributed by atoms with van der Waals surface area (Å²) in [4.78, 5) is 51.0. The van der Waals surface area contributed by atoms with Crippen LogP contribution in [0.25, 0.3) is 0 Å². The lowest BCUT2D eigenvalue weighted by atomic mass is 9.78. The fraction of sp³-hybridized carbons (Fsp3) is 0.200. The zero-order valence-electron chi connectivity index (χ0n) is 16.0. The Labute approximate surface area is 170 Å². The van der Waals surface area contributed by atoms with Gasteiger partial charge in [-0.3, -0.25) is 25.1 Å². The summed E-state index contributed by atoms with van der Waals surface area (Å²) in [5.41, 5.74) is 1.49. The lowest BCUT2D eigenvalue weighted by Crippen LogP contribution is -2.48. The SMILES string of the molecule is COC(=O)C1=NNC2(c3cccc([N+](=O)[O-])c3)C(=O)N(c3ccccc3C)C(=O)C12. The van der Waals surface area contributed by atoms with E-state index in [4.69, 9.17) is 4.74 Å². The number of methoxy groups -OCH3 is 1. The zero-order valence-corrected chi connectivity index (χ0v) is 16.0. The smallest absolute Gasteiger partial charge is 0.355 e. The van der Waals surface area contributed by atoms with Gasteiger partial charge in [0.05, 0.1) is 17.7 Å². The molecule has 1 saturated heterocycles. The van der Waals surface area contributed by atoms with E-state index in [1.165, 1.54) is 24.3 Å². The topological polar surface area (TPSA) is 131 Å². The van der Waals surface area contributed by atoms with Crippen molar-refractivity contribution in [3.8, 4) is 0 Å². The number of imide groups is 1. The molecule has 2 aliphatic rings. The number of hydrogen-bond acceptors (Lipinski definition) is 8. The van der Waals surface area contributed by atoms with Crippen LogP contribution in [0.15, 0.2) is 53.6 Å². The third-order valence-corrected chi connectivity index (χ3v) is 5.33. The molecule has 4 rings (SSSR count). The van der Waals surface area contributed by atoms with Crippen molar-refractivity contribution in [1.29, 1.82) is 0 Å². The Hall–Kier alpha value is -4.08. The number of esters is 1. The van der Waals surface area contributed by atoms with Crippen LogP contribution in [0.4, 0.5) is 11.4 Å². The maximum Gasteiger partial charge on any atom is 0.355 e. The molecule has 1 fully saturated rings. The van der Waals surface area contributed by atoms with Crippen molar-refractivity contribution < 1.29 is 24.0 Å². The van der Waals surface area contributed by atoms with E-state index in [0.717, 1.165) is 12.0 Å². The molecule has 152 valence electrons. The standard InChI is InChI=1S/C20H16N4O6/c1-11-6-3-4-9-14(11)23-17(25)15-16(18(26)30-2)21-22-20(15,19(23)27)12-7-5-8-13(10-12)24(28)29/h3-10,15,22H,1-2H3. The molecule has 0 saturated carbocycles. The summed E-state index contributed by atoms with van der Waals surface area (Å²) in [5, 5.41) is 15.2. The molecule has 30 heavy (non-hydrogen) atoms. The second-order valence-corrected chi connectivity index (χ2v) is 6.91. The molecule has 2 aliphatic heterocycles. The number of nitrogens with zero attached hydrogens (tertiary/aromatic N) is 3. The van der Waals surface area contributed by atoms with E-state index >= 15 is 0 Å². The zero-order chi connectivity index (χ0) is 21.6. The molecule has 2 aromatic rings. The van der Waals surface area contributed by atoms with Crippen LogP contribution >= 0.6 is 0 Å². The van der Waals surface area contributed by atoms with Crippen molar-refractivity contribution >= 4 is 34.9 Å². The van der Waals surface area contributed by atoms with Crippen LogP contribution in [-0.2, 0) is 24.7 Å². The van der Waals surface area contributed by atoms with Crippen molar-refractivity contribution in [3.05, 3.63) is 69.8 Å². The van der Waals surface area contributed by atoms with Crippen molar-refractivity contribution in [3.63, 3.8) is 0 Å². The molecule has 0 aliphatic carbocycles. The number of aryl methyl sites for hydroxylation is 1. The highest BCUT2D eigenvalue weighted by atomic mass is 16.6. The minimum atomic E-state index is -1.80. The fourth-order valence-electron chi connectivity index (χ4n) is 3.89. The molecule has 10 nitrogen and oxygen atoms in total. The number of carbonyl (C=O) groups is 3. The first-order valence-corrected chi connectivity index (χ1v) is 8.95. The van der Waals surface area contributed by atoms with Gasteiger partial charge in [-0.15, -0.1) is 0 Å². The van der Waals surface area contributed by atoms with Crippen LogP contribution in [0.2, 0.25) is 0 Å². The van der Waals surface area contributed by atoms with Gasteiger partial charge in [0.15, 0.2) is 11.3 Å². The first kappa shape index (κ1) is 19.2. The first-order chi connectivity index (χ1) is 14.3. The van der Waals surface area contributed by atoms with E-state index < -0.39 is 34.2 Å². The van der Waals surface area contributed by atoms with Crippen LogP contribution < -0.4 is 10.3 Å². The molecule has 0 spiro atoms. The highest BCUT2D eigenvalue weighted by molar-refractivity contribution is 6.47. The van der Waals surface area contributed by atoms with Gasteiger partial charge in [-0.2, -0.15) is 5.10 Å². The number of benzene rings is 2. The van der Waals surface area contributed by atoms with Gasteiger partial charge in [-0.25, -0.2) is 9.69 Å². The minimum absolute atomic E-state index is 0.152. The third-order valence-electron chi connectivity index (χ3n) is 5.33. The van der Waals surface area contributed by atoms with Gasteiger partial charge in [-0.05, 0) is 24.1 Å². The molecule has 2 unspecified atom stereocenters. The molecular weight excluding hydrogens is 392 g/mol. The van der Waals surface area contributed by atoms with Gasteiger partial charge >= 0.3 is 5.97 Å². The molecule has 0 bridgehead atoms. The summed E-state index contributed by atoms with van der Waals surface area (Å²) >= 11 is 0. The van der Waals surface area contributed by atoms with Gasteiger partial charge in [0.2, 0.25) is 5.91 Å². The van der Waals surface area contributed by atoms with Gasteiger partial charge in [0.1, 0.15) is 5.92 Å². The predicted molar refractivity (Wildman–Crippen MR) is 105 cm³/mol. The van der Waals surface area contributed by atoms with E-state index in [1.54, 1.807) is 31.2 Å². The van der Waals surface area contributed by atoms with E-state index in [-0.39, 0.29) is 17.0 Å². The maximum absolute atomic E-state index is 13.7. The van der Waals surface area contributed by atoms with Gasteiger partial charge in [-0.1, -0.05) is 30.3 Å². The maximum atomic E-state index is 13.7. The number of fused-ring (bicyclic) bond motifs is 1. The lowest BCUT2D eigenvalue weighted by Gasteiger charge is -2.26. The Morgan fingerprint density at radius 3 is 2.63 bits per heavy atom. The monoisotopic (exact) mass is 408 g/mol. The van der Waals surface area contributed by atoms with Crippen LogP contribution in [-0.4, -0.2) is 35.5 Å². The summed E-state index contributed by atoms with van der Waals surface area (Å²) in [7, 11) is 1.14. The van der Waals surface area contributed by atoms with Gasteiger partial charge < -0.3 is 4.74 Å². The quantitative estimate of drug-likeness (QED) is 0.350. The molecule has 2 heterocycles. The number of nitrogens with one attached hydrogen (secondary N) is 1. The summed E-state index contributed by atoms with van der Waals surface area (Å²) in [5.74, 6) is -3.56. The number of hydrogen-bond donors (Lipinski definition) is 1. The first-order valence-electron chi connectivity index (χ1n) is 8.95. The van der Waals surface area contributed by atoms with Crippen LogP contribution in [0.1, 0.15) is 11.1 Å². The summed E-state index contributed by atoms with van der Waals surface area (Å²) in [6, 6.07) is 12.2. The molecule has 2 atom stereocenters. The van der Waals surface area contributed by atoms with E-state index in [0.29, 0.717) is 11.3 Å². The summed E-state index contributed by atoms with van der Waals surface area (Å²) in [6.45, 7) is 1.74. The number of para-hydroxylation sites is 1. The van der Waals surface area contributed by atoms with Gasteiger partial charge in [0, 0.05) is 12.1 Å². The van der Waals surface area contributed by atoms with E-state index in [2.05, 4.69) is 10.5 Å². The molecule has 2 amide bonds. The number of ether oxygens (including phenoxy) is 1. The molecular formula is C20H16N4O6. The number of hydrazone groups is 1. The predicted octanol–water partition coefficient (Wildman–Crippen LogP) is 1.42. The Balaban J connectivity index is 1.93. The second-order valence-electron chi connectivity index (χ2n) is 6.91. The fourth-order valence-corrected chi connectivity index (χ4v) is 3.89. The number of nitro benzene ring substituents is 1. The van der Waals surface area contributed by atoms with Crippen molar-refractivity contribution in [2.75, 3.05) is 12.0 Å². The largest absolute Gasteiger partial charge is 0.464 e. The van der Waals surface area contributed by atoms with Crippen molar-refractivity contribution in [2.45, 2.75) is 12.5 Å². The summed E-state index contributed by atoms with van der Waals surface area (Å²) < 4.78 is 4.73. The Bertz CT molecular complexity index is 1140. The van der Waals surface area contributed by atoms with Crippen LogP contribution in [0.5, 0.6) is 0 Å². The molecule has 0 aromatic heterocycles. The molecule has 2 aromatic carbocycles.